The Hall–Kier alpha value is -2.41. The second-order valence-corrected chi connectivity index (χ2v) is 5.73. The third-order valence-corrected chi connectivity index (χ3v) is 4.26. The van der Waals surface area contributed by atoms with Gasteiger partial charge in [0, 0.05) is 12.7 Å². The van der Waals surface area contributed by atoms with Crippen LogP contribution in [0.2, 0.25) is 0 Å². The van der Waals surface area contributed by atoms with Crippen molar-refractivity contribution >= 4 is 27.2 Å². The van der Waals surface area contributed by atoms with Gasteiger partial charge >= 0.3 is 5.69 Å². The van der Waals surface area contributed by atoms with Crippen LogP contribution in [-0.2, 0) is 13.1 Å². The second kappa shape index (κ2) is 5.17. The van der Waals surface area contributed by atoms with Crippen LogP contribution in [0.15, 0.2) is 40.1 Å². The fourth-order valence-corrected chi connectivity index (χ4v) is 3.12. The van der Waals surface area contributed by atoms with E-state index in [4.69, 9.17) is 5.73 Å². The summed E-state index contributed by atoms with van der Waals surface area (Å²) in [7, 11) is 0. The molecular formula is C14H14N4O2S. The first kappa shape index (κ1) is 13.6. The van der Waals surface area contributed by atoms with Gasteiger partial charge in [-0.3, -0.25) is 13.9 Å². The fraction of sp³-hybridized carbons (Fsp3) is 0.214. The summed E-state index contributed by atoms with van der Waals surface area (Å²) in [5.41, 5.74) is 5.78. The second-order valence-electron chi connectivity index (χ2n) is 4.62. The number of para-hydroxylation sites is 1. The van der Waals surface area contributed by atoms with E-state index >= 15 is 0 Å². The first-order valence-corrected chi connectivity index (χ1v) is 7.36. The molecule has 108 valence electrons. The lowest BCUT2D eigenvalue weighted by Crippen LogP contribution is -2.40. The monoisotopic (exact) mass is 302 g/mol. The first-order valence-electron chi connectivity index (χ1n) is 6.54. The minimum atomic E-state index is -0.469. The molecule has 0 radical (unpaired) electrons. The molecule has 3 rings (SSSR count). The molecule has 3 aromatic rings. The van der Waals surface area contributed by atoms with Crippen molar-refractivity contribution in [2.45, 2.75) is 20.0 Å². The van der Waals surface area contributed by atoms with Crippen molar-refractivity contribution in [3.05, 3.63) is 56.3 Å². The molecular weight excluding hydrogens is 288 g/mol. The zero-order valence-corrected chi connectivity index (χ0v) is 12.3. The number of aromatic nitrogens is 3. The number of thiazole rings is 1. The minimum Gasteiger partial charge on any atom is -0.393 e. The quantitative estimate of drug-likeness (QED) is 0.790. The van der Waals surface area contributed by atoms with Crippen LogP contribution in [0.4, 0.5) is 5.69 Å². The fourth-order valence-electron chi connectivity index (χ4n) is 2.16. The molecule has 2 aromatic heterocycles. The lowest BCUT2D eigenvalue weighted by atomic mass is 10.3. The molecule has 0 aliphatic rings. The third kappa shape index (κ3) is 2.36. The molecule has 21 heavy (non-hydrogen) atoms. The lowest BCUT2D eigenvalue weighted by molar-refractivity contribution is 0.602. The highest BCUT2D eigenvalue weighted by atomic mass is 32.1. The van der Waals surface area contributed by atoms with Gasteiger partial charge in [0.1, 0.15) is 10.7 Å². The molecule has 0 saturated carbocycles. The van der Waals surface area contributed by atoms with E-state index in [9.17, 15) is 9.59 Å². The highest BCUT2D eigenvalue weighted by Crippen LogP contribution is 2.21. The van der Waals surface area contributed by atoms with Gasteiger partial charge in [-0.1, -0.05) is 12.1 Å². The lowest BCUT2D eigenvalue weighted by Gasteiger charge is -2.08. The minimum absolute atomic E-state index is 0.0672. The van der Waals surface area contributed by atoms with Gasteiger partial charge in [0.05, 0.1) is 16.8 Å². The largest absolute Gasteiger partial charge is 0.393 e. The number of nitrogens with two attached hydrogens (primary N) is 1. The number of nitrogen functional groups attached to an aromatic ring is 1. The van der Waals surface area contributed by atoms with E-state index in [1.165, 1.54) is 22.1 Å². The Labute approximate surface area is 124 Å². The molecule has 0 fully saturated rings. The van der Waals surface area contributed by atoms with Crippen LogP contribution in [0.1, 0.15) is 11.9 Å². The number of benzene rings is 1. The Morgan fingerprint density at radius 1 is 1.29 bits per heavy atom. The molecule has 2 N–H and O–H groups in total. The smallest absolute Gasteiger partial charge is 0.331 e. The maximum Gasteiger partial charge on any atom is 0.331 e. The molecule has 0 unspecified atom stereocenters. The van der Waals surface area contributed by atoms with E-state index in [-0.39, 0.29) is 17.9 Å². The average molecular weight is 302 g/mol. The molecule has 0 atom stereocenters. The van der Waals surface area contributed by atoms with Crippen LogP contribution >= 0.6 is 11.3 Å². The summed E-state index contributed by atoms with van der Waals surface area (Å²) >= 11 is 1.47. The van der Waals surface area contributed by atoms with Crippen LogP contribution in [0.5, 0.6) is 0 Å². The Kier molecular flexibility index (Phi) is 3.34. The average Bonchev–Trinajstić information content (AvgIpc) is 2.89. The van der Waals surface area contributed by atoms with Gasteiger partial charge in [-0.2, -0.15) is 0 Å². The van der Waals surface area contributed by atoms with Crippen LogP contribution in [0.3, 0.4) is 0 Å². The van der Waals surface area contributed by atoms with Crippen molar-refractivity contribution in [2.75, 3.05) is 5.73 Å². The normalized spacial score (nSPS) is 11.1. The summed E-state index contributed by atoms with van der Waals surface area (Å²) in [4.78, 5) is 28.8. The van der Waals surface area contributed by atoms with Gasteiger partial charge in [0.2, 0.25) is 0 Å². The zero-order valence-electron chi connectivity index (χ0n) is 11.4. The van der Waals surface area contributed by atoms with Gasteiger partial charge in [-0.15, -0.1) is 11.3 Å². The maximum atomic E-state index is 12.2. The van der Waals surface area contributed by atoms with E-state index in [1.54, 1.807) is 0 Å². The predicted molar refractivity (Wildman–Crippen MR) is 83.8 cm³/mol. The van der Waals surface area contributed by atoms with Crippen LogP contribution in [-0.4, -0.2) is 14.1 Å². The summed E-state index contributed by atoms with van der Waals surface area (Å²) in [6, 6.07) is 7.70. The van der Waals surface area contributed by atoms with Gasteiger partial charge in [0.15, 0.2) is 0 Å². The molecule has 0 spiro atoms. The van der Waals surface area contributed by atoms with E-state index in [2.05, 4.69) is 4.98 Å². The van der Waals surface area contributed by atoms with Crippen molar-refractivity contribution in [3.63, 3.8) is 0 Å². The SMILES string of the molecule is CCn1cc(N)c(=O)n(Cc2nc3ccccc3s2)c1=O. The Balaban J connectivity index is 2.11. The highest BCUT2D eigenvalue weighted by molar-refractivity contribution is 7.18. The first-order chi connectivity index (χ1) is 10.1. The number of hydrogen-bond acceptors (Lipinski definition) is 5. The van der Waals surface area contributed by atoms with Gasteiger partial charge in [0.25, 0.3) is 5.56 Å². The molecule has 0 saturated heterocycles. The number of fused-ring (bicyclic) bond motifs is 1. The van der Waals surface area contributed by atoms with E-state index in [1.807, 2.05) is 31.2 Å². The van der Waals surface area contributed by atoms with Crippen molar-refractivity contribution in [3.8, 4) is 0 Å². The molecule has 6 nitrogen and oxygen atoms in total. The topological polar surface area (TPSA) is 82.9 Å². The molecule has 0 bridgehead atoms. The number of aryl methyl sites for hydroxylation is 1. The van der Waals surface area contributed by atoms with Gasteiger partial charge in [-0.25, -0.2) is 9.78 Å². The number of anilines is 1. The molecule has 1 aromatic carbocycles. The maximum absolute atomic E-state index is 12.2. The van der Waals surface area contributed by atoms with Crippen molar-refractivity contribution in [1.29, 1.82) is 0 Å². The number of rotatable bonds is 3. The third-order valence-electron chi connectivity index (χ3n) is 3.24. The van der Waals surface area contributed by atoms with E-state index in [0.29, 0.717) is 11.6 Å². The van der Waals surface area contributed by atoms with Crippen LogP contribution < -0.4 is 17.0 Å². The molecule has 0 aliphatic carbocycles. The number of nitrogens with zero attached hydrogens (tertiary/aromatic N) is 3. The summed E-state index contributed by atoms with van der Waals surface area (Å²) in [5.74, 6) is 0. The zero-order chi connectivity index (χ0) is 15.0. The molecule has 0 amide bonds. The highest BCUT2D eigenvalue weighted by Gasteiger charge is 2.11. The Bertz CT molecular complexity index is 890. The van der Waals surface area contributed by atoms with Crippen LogP contribution in [0.25, 0.3) is 10.2 Å². The molecule has 0 aliphatic heterocycles. The number of hydrogen-bond donors (Lipinski definition) is 1. The van der Waals surface area contributed by atoms with Crippen molar-refractivity contribution in [1.82, 2.24) is 14.1 Å². The Morgan fingerprint density at radius 3 is 2.76 bits per heavy atom. The summed E-state index contributed by atoms with van der Waals surface area (Å²) in [6.45, 7) is 2.43. The van der Waals surface area contributed by atoms with Gasteiger partial charge < -0.3 is 5.73 Å². The van der Waals surface area contributed by atoms with Crippen molar-refractivity contribution in [2.24, 2.45) is 0 Å². The van der Waals surface area contributed by atoms with E-state index < -0.39 is 5.56 Å². The van der Waals surface area contributed by atoms with E-state index in [0.717, 1.165) is 14.8 Å². The molecule has 2 heterocycles. The predicted octanol–water partition coefficient (Wildman–Crippen LogP) is 1.27. The summed E-state index contributed by atoms with van der Waals surface area (Å²) in [6.07, 6.45) is 1.39. The molecule has 7 heteroatoms. The van der Waals surface area contributed by atoms with Gasteiger partial charge in [-0.05, 0) is 19.1 Å². The van der Waals surface area contributed by atoms with Crippen LogP contribution in [0, 0.1) is 0 Å². The van der Waals surface area contributed by atoms with Crippen molar-refractivity contribution < 1.29 is 0 Å². The standard InChI is InChI=1S/C14H14N4O2S/c1-2-17-7-9(15)13(19)18(14(17)20)8-12-16-10-5-3-4-6-11(10)21-12/h3-7H,2,8,15H2,1H3. The summed E-state index contributed by atoms with van der Waals surface area (Å²) < 4.78 is 3.58. The Morgan fingerprint density at radius 2 is 2.05 bits per heavy atom. The summed E-state index contributed by atoms with van der Waals surface area (Å²) in [5, 5.41) is 0.712.